The molecular weight excluding hydrogens is 316 g/mol. The number of aliphatic hydroxyl groups is 1. The molecule has 1 saturated carbocycles. The zero-order chi connectivity index (χ0) is 18.2. The molecule has 2 atom stereocenters. The van der Waals surface area contributed by atoms with Crippen LogP contribution >= 0.6 is 0 Å². The van der Waals surface area contributed by atoms with Gasteiger partial charge in [-0.1, -0.05) is 6.92 Å². The van der Waals surface area contributed by atoms with Crippen molar-refractivity contribution < 1.29 is 29.3 Å². The Morgan fingerprint density at radius 1 is 1.38 bits per heavy atom. The van der Waals surface area contributed by atoms with Crippen molar-refractivity contribution >= 4 is 18.3 Å². The molecule has 1 rings (SSSR count). The van der Waals surface area contributed by atoms with Crippen molar-refractivity contribution in [3.63, 3.8) is 0 Å². The van der Waals surface area contributed by atoms with Crippen molar-refractivity contribution in [3.8, 4) is 0 Å². The Labute approximate surface area is 141 Å². The third-order valence-electron chi connectivity index (χ3n) is 4.49. The molecule has 2 unspecified atom stereocenters. The lowest BCUT2D eigenvalue weighted by Gasteiger charge is -2.37. The van der Waals surface area contributed by atoms with Crippen molar-refractivity contribution in [3.05, 3.63) is 0 Å². The number of ether oxygens (including phenoxy) is 1. The van der Waals surface area contributed by atoms with Crippen LogP contribution < -0.4 is 10.6 Å². The van der Waals surface area contributed by atoms with Gasteiger partial charge in [0, 0.05) is 6.54 Å². The van der Waals surface area contributed by atoms with Crippen molar-refractivity contribution in [2.24, 2.45) is 5.41 Å². The van der Waals surface area contributed by atoms with E-state index >= 15 is 0 Å². The maximum atomic E-state index is 12.1. The minimum atomic E-state index is -1.01. The lowest BCUT2D eigenvalue weighted by Crippen LogP contribution is -2.51. The normalized spacial score (nSPS) is 26.2. The van der Waals surface area contributed by atoms with E-state index in [2.05, 4.69) is 17.6 Å². The summed E-state index contributed by atoms with van der Waals surface area (Å²) in [6.07, 6.45) is 2.60. The number of aliphatic hydroxyl groups excluding tert-OH is 1. The van der Waals surface area contributed by atoms with Gasteiger partial charge in [-0.15, -0.1) is 0 Å². The molecule has 1 aliphatic rings. The molecule has 4 N–H and O–H groups in total. The third-order valence-corrected chi connectivity index (χ3v) is 4.49. The second-order valence-electron chi connectivity index (χ2n) is 6.75. The van der Waals surface area contributed by atoms with E-state index in [1.165, 1.54) is 0 Å². The van der Waals surface area contributed by atoms with Crippen LogP contribution in [0.5, 0.6) is 0 Å². The molecule has 0 heterocycles. The number of hydrogen-bond acceptors (Lipinski definition) is 5. The first-order valence-corrected chi connectivity index (χ1v) is 8.26. The minimum absolute atomic E-state index is 0.00642. The Morgan fingerprint density at radius 2 is 2.00 bits per heavy atom. The van der Waals surface area contributed by atoms with Crippen LogP contribution in [0.25, 0.3) is 0 Å². The van der Waals surface area contributed by atoms with Crippen LogP contribution in [0.15, 0.2) is 0 Å². The Bertz CT molecular complexity index is 434. The lowest BCUT2D eigenvalue weighted by atomic mass is 9.75. The first-order valence-electron chi connectivity index (χ1n) is 8.26. The van der Waals surface area contributed by atoms with Gasteiger partial charge < -0.3 is 25.6 Å². The zero-order valence-corrected chi connectivity index (χ0v) is 14.3. The number of carboxylic acids is 1. The monoisotopic (exact) mass is 344 g/mol. The highest BCUT2D eigenvalue weighted by molar-refractivity contribution is 5.84. The summed E-state index contributed by atoms with van der Waals surface area (Å²) in [4.78, 5) is 33.3. The first-order chi connectivity index (χ1) is 11.3. The van der Waals surface area contributed by atoms with Crippen LogP contribution in [0, 0.1) is 5.41 Å². The van der Waals surface area contributed by atoms with E-state index in [0.29, 0.717) is 13.0 Å². The maximum Gasteiger partial charge on any atom is 0.305 e. The molecule has 0 spiro atoms. The number of rotatable bonds is 10. The Hall–Kier alpha value is -1.67. The van der Waals surface area contributed by atoms with Crippen molar-refractivity contribution in [2.45, 2.75) is 64.2 Å². The van der Waals surface area contributed by atoms with Crippen LogP contribution in [-0.2, 0) is 19.1 Å². The summed E-state index contributed by atoms with van der Waals surface area (Å²) in [5.41, 5.74) is -0.0565. The van der Waals surface area contributed by atoms with Crippen LogP contribution in [0.4, 0.5) is 0 Å². The molecule has 0 aromatic heterocycles. The average Bonchev–Trinajstić information content (AvgIpc) is 2.53. The predicted molar refractivity (Wildman–Crippen MR) is 86.2 cm³/mol. The van der Waals surface area contributed by atoms with E-state index in [9.17, 15) is 19.5 Å². The van der Waals surface area contributed by atoms with Crippen LogP contribution in [0.2, 0.25) is 0 Å². The zero-order valence-electron chi connectivity index (χ0n) is 14.3. The van der Waals surface area contributed by atoms with Gasteiger partial charge in [0.25, 0.3) is 0 Å². The standard InChI is InChI=1S/C16H28N2O6/c1-11(24-9-16(2)6-3-12(20)4-7-16)14(18-10-19)15(23)17-8-5-13(21)22/h10-12,14,20H,3-9H2,1-2H3,(H,17,23)(H,18,19)(H,21,22). The molecule has 0 aliphatic heterocycles. The van der Waals surface area contributed by atoms with Gasteiger partial charge in [0.05, 0.1) is 25.2 Å². The maximum absolute atomic E-state index is 12.1. The Balaban J connectivity index is 2.49. The van der Waals surface area contributed by atoms with Gasteiger partial charge in [-0.3, -0.25) is 14.4 Å². The van der Waals surface area contributed by atoms with Gasteiger partial charge in [0.2, 0.25) is 12.3 Å². The summed E-state index contributed by atoms with van der Waals surface area (Å²) in [5.74, 6) is -1.48. The van der Waals surface area contributed by atoms with Crippen molar-refractivity contribution in [1.82, 2.24) is 10.6 Å². The summed E-state index contributed by atoms with van der Waals surface area (Å²) in [6.45, 7) is 4.20. The van der Waals surface area contributed by atoms with E-state index in [0.717, 1.165) is 25.7 Å². The minimum Gasteiger partial charge on any atom is -0.481 e. The van der Waals surface area contributed by atoms with Gasteiger partial charge in [-0.2, -0.15) is 0 Å². The lowest BCUT2D eigenvalue weighted by molar-refractivity contribution is -0.137. The quantitative estimate of drug-likeness (QED) is 0.415. The van der Waals surface area contributed by atoms with Crippen LogP contribution in [0.1, 0.15) is 46.0 Å². The highest BCUT2D eigenvalue weighted by Gasteiger charge is 2.33. The van der Waals surface area contributed by atoms with Crippen molar-refractivity contribution in [1.29, 1.82) is 0 Å². The number of carbonyl (C=O) groups excluding carboxylic acids is 2. The van der Waals surface area contributed by atoms with E-state index in [4.69, 9.17) is 9.84 Å². The highest BCUT2D eigenvalue weighted by Crippen LogP contribution is 2.36. The number of amides is 2. The fourth-order valence-corrected chi connectivity index (χ4v) is 2.77. The largest absolute Gasteiger partial charge is 0.481 e. The smallest absolute Gasteiger partial charge is 0.305 e. The molecule has 8 heteroatoms. The predicted octanol–water partition coefficient (Wildman–Crippen LogP) is 0.0382. The molecule has 0 bridgehead atoms. The molecule has 0 saturated heterocycles. The molecule has 138 valence electrons. The summed E-state index contributed by atoms with van der Waals surface area (Å²) < 4.78 is 5.80. The van der Waals surface area contributed by atoms with Crippen LogP contribution in [0.3, 0.4) is 0 Å². The van der Waals surface area contributed by atoms with Gasteiger partial charge in [-0.05, 0) is 38.0 Å². The second kappa shape index (κ2) is 9.58. The molecular formula is C16H28N2O6. The number of aliphatic carboxylic acids is 1. The number of carbonyl (C=O) groups is 3. The third kappa shape index (κ3) is 6.84. The molecule has 1 fully saturated rings. The molecule has 0 aromatic rings. The molecule has 0 radical (unpaired) electrons. The van der Waals surface area contributed by atoms with E-state index in [1.807, 2.05) is 0 Å². The SMILES string of the molecule is CC(OCC1(C)CCC(O)CC1)C(NC=O)C(=O)NCCC(=O)O. The molecule has 2 amide bonds. The van der Waals surface area contributed by atoms with E-state index in [-0.39, 0.29) is 24.5 Å². The van der Waals surface area contributed by atoms with E-state index < -0.39 is 24.0 Å². The number of carboxylic acid groups (broad SMARTS) is 1. The van der Waals surface area contributed by atoms with Crippen LogP contribution in [-0.4, -0.2) is 59.9 Å². The molecule has 8 nitrogen and oxygen atoms in total. The Morgan fingerprint density at radius 3 is 2.54 bits per heavy atom. The van der Waals surface area contributed by atoms with E-state index in [1.54, 1.807) is 6.92 Å². The number of hydrogen-bond donors (Lipinski definition) is 4. The second-order valence-corrected chi connectivity index (χ2v) is 6.75. The molecule has 0 aromatic carbocycles. The Kier molecular flexibility index (Phi) is 8.14. The van der Waals surface area contributed by atoms with Gasteiger partial charge in [-0.25, -0.2) is 0 Å². The topological polar surface area (TPSA) is 125 Å². The first kappa shape index (κ1) is 20.4. The van der Waals surface area contributed by atoms with Gasteiger partial charge in [0.15, 0.2) is 0 Å². The van der Waals surface area contributed by atoms with Gasteiger partial charge in [0.1, 0.15) is 6.04 Å². The summed E-state index contributed by atoms with van der Waals surface area (Å²) in [6, 6.07) is -0.880. The highest BCUT2D eigenvalue weighted by atomic mass is 16.5. The fourth-order valence-electron chi connectivity index (χ4n) is 2.77. The summed E-state index contributed by atoms with van der Waals surface area (Å²) in [7, 11) is 0. The fraction of sp³-hybridized carbons (Fsp3) is 0.812. The number of nitrogens with one attached hydrogen (secondary N) is 2. The average molecular weight is 344 g/mol. The van der Waals surface area contributed by atoms with Crippen molar-refractivity contribution in [2.75, 3.05) is 13.2 Å². The summed E-state index contributed by atoms with van der Waals surface area (Å²) >= 11 is 0. The summed E-state index contributed by atoms with van der Waals surface area (Å²) in [5, 5.41) is 23.1. The molecule has 1 aliphatic carbocycles. The molecule has 24 heavy (non-hydrogen) atoms. The van der Waals surface area contributed by atoms with Gasteiger partial charge >= 0.3 is 5.97 Å².